The third-order valence-electron chi connectivity index (χ3n) is 3.56. The highest BCUT2D eigenvalue weighted by atomic mass is 16.5. The fourth-order valence-electron chi connectivity index (χ4n) is 2.25. The van der Waals surface area contributed by atoms with Crippen molar-refractivity contribution in [3.8, 4) is 5.75 Å². The molecule has 1 atom stereocenters. The Morgan fingerprint density at radius 1 is 1.23 bits per heavy atom. The largest absolute Gasteiger partial charge is 0.497 e. The number of benzene rings is 2. The van der Waals surface area contributed by atoms with Crippen molar-refractivity contribution in [2.75, 3.05) is 7.11 Å². The summed E-state index contributed by atoms with van der Waals surface area (Å²) in [5.74, 6) is 0.645. The molecule has 1 N–H and O–H groups in total. The maximum absolute atomic E-state index is 12.3. The molecular formula is C17H16N2O3. The second-order valence-electron chi connectivity index (χ2n) is 5.00. The highest BCUT2D eigenvalue weighted by Crippen LogP contribution is 2.19. The highest BCUT2D eigenvalue weighted by molar-refractivity contribution is 5.97. The molecule has 0 aliphatic carbocycles. The summed E-state index contributed by atoms with van der Waals surface area (Å²) in [4.78, 5) is 16.4. The van der Waals surface area contributed by atoms with E-state index in [9.17, 15) is 4.79 Å². The molecule has 1 amide bonds. The smallest absolute Gasteiger partial charge is 0.251 e. The molecule has 1 aromatic heterocycles. The lowest BCUT2D eigenvalue weighted by Crippen LogP contribution is -2.26. The summed E-state index contributed by atoms with van der Waals surface area (Å²) >= 11 is 0. The van der Waals surface area contributed by atoms with E-state index in [0.717, 1.165) is 11.3 Å². The molecule has 0 saturated carbocycles. The lowest BCUT2D eigenvalue weighted by molar-refractivity contribution is 0.0940. The maximum atomic E-state index is 12.3. The van der Waals surface area contributed by atoms with Crippen LogP contribution in [0.3, 0.4) is 0 Å². The van der Waals surface area contributed by atoms with Gasteiger partial charge in [-0.2, -0.15) is 0 Å². The van der Waals surface area contributed by atoms with Crippen molar-refractivity contribution < 1.29 is 13.9 Å². The number of fused-ring (bicyclic) bond motifs is 1. The Morgan fingerprint density at radius 3 is 2.73 bits per heavy atom. The fraction of sp³-hybridized carbons (Fsp3) is 0.176. The lowest BCUT2D eigenvalue weighted by atomic mass is 10.1. The van der Waals surface area contributed by atoms with Gasteiger partial charge in [0, 0.05) is 5.56 Å². The van der Waals surface area contributed by atoms with Crippen LogP contribution in [-0.2, 0) is 0 Å². The molecule has 22 heavy (non-hydrogen) atoms. The van der Waals surface area contributed by atoms with Gasteiger partial charge in [0.2, 0.25) is 0 Å². The summed E-state index contributed by atoms with van der Waals surface area (Å²) in [5.41, 5.74) is 2.91. The van der Waals surface area contributed by atoms with Gasteiger partial charge in [0.25, 0.3) is 5.91 Å². The number of rotatable bonds is 4. The van der Waals surface area contributed by atoms with Crippen molar-refractivity contribution in [1.82, 2.24) is 10.3 Å². The quantitative estimate of drug-likeness (QED) is 0.802. The molecule has 112 valence electrons. The van der Waals surface area contributed by atoms with Crippen LogP contribution in [0.2, 0.25) is 0 Å². The summed E-state index contributed by atoms with van der Waals surface area (Å²) in [6.07, 6.45) is 1.37. The minimum atomic E-state index is -0.145. The van der Waals surface area contributed by atoms with Crippen molar-refractivity contribution in [3.63, 3.8) is 0 Å². The van der Waals surface area contributed by atoms with E-state index in [1.807, 2.05) is 31.2 Å². The van der Waals surface area contributed by atoms with E-state index in [0.29, 0.717) is 16.7 Å². The molecule has 1 heterocycles. The highest BCUT2D eigenvalue weighted by Gasteiger charge is 2.12. The van der Waals surface area contributed by atoms with E-state index >= 15 is 0 Å². The topological polar surface area (TPSA) is 64.4 Å². The Balaban J connectivity index is 1.74. The molecule has 3 aromatic rings. The molecule has 2 aromatic carbocycles. The van der Waals surface area contributed by atoms with Gasteiger partial charge >= 0.3 is 0 Å². The maximum Gasteiger partial charge on any atom is 0.251 e. The monoisotopic (exact) mass is 296 g/mol. The van der Waals surface area contributed by atoms with Gasteiger partial charge in [-0.25, -0.2) is 4.98 Å². The zero-order chi connectivity index (χ0) is 15.5. The van der Waals surface area contributed by atoms with Crippen molar-refractivity contribution in [2.24, 2.45) is 0 Å². The molecule has 0 bridgehead atoms. The van der Waals surface area contributed by atoms with Crippen LogP contribution in [0, 0.1) is 0 Å². The number of hydrogen-bond donors (Lipinski definition) is 1. The van der Waals surface area contributed by atoms with Crippen LogP contribution in [0.1, 0.15) is 28.9 Å². The molecular weight excluding hydrogens is 280 g/mol. The fourth-order valence-corrected chi connectivity index (χ4v) is 2.25. The number of amides is 1. The average Bonchev–Trinajstić information content (AvgIpc) is 3.02. The van der Waals surface area contributed by atoms with Gasteiger partial charge in [-0.05, 0) is 42.8 Å². The molecule has 1 unspecified atom stereocenters. The number of oxazole rings is 1. The summed E-state index contributed by atoms with van der Waals surface area (Å²) in [6.45, 7) is 1.94. The summed E-state index contributed by atoms with van der Waals surface area (Å²) in [5, 5.41) is 2.97. The van der Waals surface area contributed by atoms with E-state index in [1.54, 1.807) is 25.3 Å². The van der Waals surface area contributed by atoms with Crippen molar-refractivity contribution >= 4 is 17.0 Å². The number of hydrogen-bond acceptors (Lipinski definition) is 4. The number of nitrogens with zero attached hydrogens (tertiary/aromatic N) is 1. The first-order chi connectivity index (χ1) is 10.7. The molecule has 0 radical (unpaired) electrons. The van der Waals surface area contributed by atoms with E-state index in [1.165, 1.54) is 6.39 Å². The van der Waals surface area contributed by atoms with Gasteiger partial charge in [0.05, 0.1) is 13.2 Å². The number of methoxy groups -OCH3 is 1. The van der Waals surface area contributed by atoms with Crippen LogP contribution < -0.4 is 10.1 Å². The van der Waals surface area contributed by atoms with Gasteiger partial charge in [-0.15, -0.1) is 0 Å². The predicted octanol–water partition coefficient (Wildman–Crippen LogP) is 3.33. The van der Waals surface area contributed by atoms with Crippen molar-refractivity contribution in [3.05, 3.63) is 60.0 Å². The van der Waals surface area contributed by atoms with Crippen molar-refractivity contribution in [1.29, 1.82) is 0 Å². The van der Waals surface area contributed by atoms with E-state index in [2.05, 4.69) is 10.3 Å². The Morgan fingerprint density at radius 2 is 2.00 bits per heavy atom. The third-order valence-corrected chi connectivity index (χ3v) is 3.56. The van der Waals surface area contributed by atoms with Crippen LogP contribution in [0.4, 0.5) is 0 Å². The molecule has 0 fully saturated rings. The summed E-state index contributed by atoms with van der Waals surface area (Å²) < 4.78 is 10.3. The Hall–Kier alpha value is -2.82. The first kappa shape index (κ1) is 14.1. The van der Waals surface area contributed by atoms with Gasteiger partial charge in [-0.3, -0.25) is 4.79 Å². The molecule has 5 nitrogen and oxygen atoms in total. The number of carbonyl (C=O) groups is 1. The lowest BCUT2D eigenvalue weighted by Gasteiger charge is -2.14. The van der Waals surface area contributed by atoms with Crippen LogP contribution >= 0.6 is 0 Å². The number of aromatic nitrogens is 1. The van der Waals surface area contributed by atoms with Crippen LogP contribution in [0.25, 0.3) is 11.1 Å². The normalized spacial score (nSPS) is 12.1. The zero-order valence-corrected chi connectivity index (χ0v) is 12.4. The van der Waals surface area contributed by atoms with Gasteiger partial charge in [0.15, 0.2) is 12.0 Å². The van der Waals surface area contributed by atoms with Crippen LogP contribution in [0.15, 0.2) is 53.3 Å². The summed E-state index contributed by atoms with van der Waals surface area (Å²) in [7, 11) is 1.63. The van der Waals surface area contributed by atoms with E-state index < -0.39 is 0 Å². The van der Waals surface area contributed by atoms with Gasteiger partial charge in [-0.1, -0.05) is 12.1 Å². The first-order valence-corrected chi connectivity index (χ1v) is 6.95. The van der Waals surface area contributed by atoms with E-state index in [4.69, 9.17) is 9.15 Å². The van der Waals surface area contributed by atoms with Gasteiger partial charge in [0.1, 0.15) is 11.3 Å². The second-order valence-corrected chi connectivity index (χ2v) is 5.00. The SMILES string of the molecule is COc1ccc(C(C)NC(=O)c2ccc3ocnc3c2)cc1. The standard InChI is InChI=1S/C17H16N2O3/c1-11(12-3-6-14(21-2)7-4-12)19-17(20)13-5-8-16-15(9-13)18-10-22-16/h3-11H,1-2H3,(H,19,20). The molecule has 0 saturated heterocycles. The minimum absolute atomic E-state index is 0.105. The van der Waals surface area contributed by atoms with Crippen LogP contribution in [-0.4, -0.2) is 18.0 Å². The average molecular weight is 296 g/mol. The minimum Gasteiger partial charge on any atom is -0.497 e. The predicted molar refractivity (Wildman–Crippen MR) is 82.9 cm³/mol. The zero-order valence-electron chi connectivity index (χ0n) is 12.4. The Labute approximate surface area is 127 Å². The Kier molecular flexibility index (Phi) is 3.78. The van der Waals surface area contributed by atoms with Crippen LogP contribution in [0.5, 0.6) is 5.75 Å². The molecule has 0 aliphatic heterocycles. The van der Waals surface area contributed by atoms with Gasteiger partial charge < -0.3 is 14.5 Å². The Bertz CT molecular complexity index is 793. The molecule has 0 aliphatic rings. The number of carbonyl (C=O) groups excluding carboxylic acids is 1. The van der Waals surface area contributed by atoms with E-state index in [-0.39, 0.29) is 11.9 Å². The number of nitrogens with one attached hydrogen (secondary N) is 1. The van der Waals surface area contributed by atoms with Crippen molar-refractivity contribution in [2.45, 2.75) is 13.0 Å². The molecule has 0 spiro atoms. The first-order valence-electron chi connectivity index (χ1n) is 6.95. The molecule has 5 heteroatoms. The summed E-state index contributed by atoms with van der Waals surface area (Å²) in [6, 6.07) is 12.7. The second kappa shape index (κ2) is 5.89. The number of ether oxygens (including phenoxy) is 1. The molecule has 3 rings (SSSR count). The third kappa shape index (κ3) is 2.79.